The number of hydrogen-bond acceptors (Lipinski definition) is 5. The first-order valence-electron chi connectivity index (χ1n) is 8.35. The topological polar surface area (TPSA) is 85.3 Å². The number of aryl methyl sites for hydroxylation is 1. The number of oxime groups is 1. The molecule has 6 rings (SSSR count). The summed E-state index contributed by atoms with van der Waals surface area (Å²) in [6.45, 7) is 0. The van der Waals surface area contributed by atoms with Crippen LogP contribution >= 0.6 is 0 Å². The van der Waals surface area contributed by atoms with E-state index in [2.05, 4.69) is 15.5 Å². The number of fused-ring (bicyclic) bond motifs is 1. The van der Waals surface area contributed by atoms with Gasteiger partial charge >= 0.3 is 0 Å². The molecule has 3 aliphatic rings. The van der Waals surface area contributed by atoms with Gasteiger partial charge in [-0.15, -0.1) is 5.10 Å². The van der Waals surface area contributed by atoms with E-state index < -0.39 is 0 Å². The van der Waals surface area contributed by atoms with E-state index in [0.717, 1.165) is 30.6 Å². The van der Waals surface area contributed by atoms with Crippen LogP contribution in [0, 0.1) is 5.92 Å². The fraction of sp³-hybridized carbons (Fsp3) is 0.333. The number of benzene rings is 1. The van der Waals surface area contributed by atoms with Crippen molar-refractivity contribution in [1.29, 1.82) is 0 Å². The second-order valence-electron chi connectivity index (χ2n) is 7.20. The van der Waals surface area contributed by atoms with Crippen LogP contribution in [0.5, 0.6) is 0 Å². The predicted molar refractivity (Wildman–Crippen MR) is 92.0 cm³/mol. The molecule has 2 bridgehead atoms. The quantitative estimate of drug-likeness (QED) is 0.450. The van der Waals surface area contributed by atoms with E-state index in [9.17, 15) is 10.0 Å². The maximum absolute atomic E-state index is 12.3. The van der Waals surface area contributed by atoms with Crippen molar-refractivity contribution in [1.82, 2.24) is 19.6 Å². The highest BCUT2D eigenvalue weighted by Gasteiger charge is 2.58. The number of nitrogens with zero attached hydrogens (tertiary/aromatic N) is 5. The molecule has 126 valence electrons. The van der Waals surface area contributed by atoms with E-state index in [1.165, 1.54) is 4.57 Å². The standard InChI is InChI=1S/C18H17N5O2/c1-22-6-5-12-13(3-2-4-14(12)17(22)24)16(20-25)15-10-23(21-19-15)18-7-11(8-18)9-18/h2-6,10-11,25H,7-9H2,1H3/b20-16+. The largest absolute Gasteiger partial charge is 0.410 e. The zero-order chi connectivity index (χ0) is 17.2. The summed E-state index contributed by atoms with van der Waals surface area (Å²) in [5, 5.41) is 22.9. The van der Waals surface area contributed by atoms with E-state index in [1.54, 1.807) is 25.4 Å². The molecule has 3 aromatic rings. The van der Waals surface area contributed by atoms with Crippen LogP contribution in [-0.4, -0.2) is 30.5 Å². The van der Waals surface area contributed by atoms with Gasteiger partial charge in [-0.1, -0.05) is 22.5 Å². The molecule has 7 nitrogen and oxygen atoms in total. The van der Waals surface area contributed by atoms with E-state index in [0.29, 0.717) is 22.4 Å². The van der Waals surface area contributed by atoms with Crippen molar-refractivity contribution in [2.75, 3.05) is 0 Å². The van der Waals surface area contributed by atoms with Crippen LogP contribution in [0.2, 0.25) is 0 Å². The second-order valence-corrected chi connectivity index (χ2v) is 7.20. The molecule has 0 aliphatic heterocycles. The third kappa shape index (κ3) is 1.86. The minimum absolute atomic E-state index is 0.0887. The van der Waals surface area contributed by atoms with Crippen LogP contribution in [0.3, 0.4) is 0 Å². The fourth-order valence-electron chi connectivity index (χ4n) is 4.14. The van der Waals surface area contributed by atoms with Crippen molar-refractivity contribution in [3.8, 4) is 0 Å². The Morgan fingerprint density at radius 3 is 2.76 bits per heavy atom. The molecule has 0 amide bonds. The monoisotopic (exact) mass is 335 g/mol. The Hall–Kier alpha value is -2.96. The fourth-order valence-corrected chi connectivity index (χ4v) is 4.14. The maximum Gasteiger partial charge on any atom is 0.258 e. The number of aromatic nitrogens is 4. The van der Waals surface area contributed by atoms with Crippen LogP contribution in [0.25, 0.3) is 10.8 Å². The predicted octanol–water partition coefficient (Wildman–Crippen LogP) is 1.87. The van der Waals surface area contributed by atoms with E-state index in [1.807, 2.05) is 23.0 Å². The molecule has 1 aromatic carbocycles. The van der Waals surface area contributed by atoms with Crippen molar-refractivity contribution in [2.45, 2.75) is 24.8 Å². The lowest BCUT2D eigenvalue weighted by Gasteiger charge is -2.61. The molecule has 2 aromatic heterocycles. The third-order valence-corrected chi connectivity index (χ3v) is 5.70. The van der Waals surface area contributed by atoms with Gasteiger partial charge in [0.1, 0.15) is 11.4 Å². The smallest absolute Gasteiger partial charge is 0.258 e. The normalized spacial score (nSPS) is 24.8. The highest BCUT2D eigenvalue weighted by molar-refractivity contribution is 6.18. The van der Waals surface area contributed by atoms with Crippen molar-refractivity contribution < 1.29 is 5.21 Å². The van der Waals surface area contributed by atoms with Crippen molar-refractivity contribution in [3.63, 3.8) is 0 Å². The Bertz CT molecular complexity index is 1080. The van der Waals surface area contributed by atoms with Gasteiger partial charge in [-0.05, 0) is 42.7 Å². The van der Waals surface area contributed by atoms with Gasteiger partial charge < -0.3 is 9.77 Å². The van der Waals surface area contributed by atoms with E-state index in [4.69, 9.17) is 0 Å². The summed E-state index contributed by atoms with van der Waals surface area (Å²) in [6.07, 6.45) is 7.04. The Morgan fingerprint density at radius 1 is 1.28 bits per heavy atom. The van der Waals surface area contributed by atoms with Gasteiger partial charge in [0.05, 0.1) is 11.7 Å². The molecule has 0 radical (unpaired) electrons. The summed E-state index contributed by atoms with van der Waals surface area (Å²) >= 11 is 0. The van der Waals surface area contributed by atoms with Crippen LogP contribution in [0.4, 0.5) is 0 Å². The summed E-state index contributed by atoms with van der Waals surface area (Å²) < 4.78 is 3.44. The molecule has 0 unspecified atom stereocenters. The molecule has 25 heavy (non-hydrogen) atoms. The molecule has 1 N–H and O–H groups in total. The Balaban J connectivity index is 1.63. The van der Waals surface area contributed by atoms with Gasteiger partial charge in [-0.2, -0.15) is 0 Å². The number of pyridine rings is 1. The lowest BCUT2D eigenvalue weighted by atomic mass is 9.50. The van der Waals surface area contributed by atoms with Gasteiger partial charge in [0.15, 0.2) is 0 Å². The first-order chi connectivity index (χ1) is 12.1. The van der Waals surface area contributed by atoms with Crippen molar-refractivity contribution >= 4 is 16.5 Å². The lowest BCUT2D eigenvalue weighted by Crippen LogP contribution is -2.59. The minimum Gasteiger partial charge on any atom is -0.410 e. The van der Waals surface area contributed by atoms with Gasteiger partial charge in [0, 0.05) is 24.2 Å². The zero-order valence-electron chi connectivity index (χ0n) is 13.8. The van der Waals surface area contributed by atoms with Crippen LogP contribution in [-0.2, 0) is 12.6 Å². The highest BCUT2D eigenvalue weighted by atomic mass is 16.4. The van der Waals surface area contributed by atoms with E-state index in [-0.39, 0.29) is 11.1 Å². The van der Waals surface area contributed by atoms with Crippen LogP contribution < -0.4 is 5.56 Å². The summed E-state index contributed by atoms with van der Waals surface area (Å²) in [4.78, 5) is 12.3. The first-order valence-corrected chi connectivity index (χ1v) is 8.35. The second kappa shape index (κ2) is 4.78. The molecule has 3 fully saturated rings. The molecular weight excluding hydrogens is 318 g/mol. The van der Waals surface area contributed by atoms with Gasteiger partial charge in [0.2, 0.25) is 0 Å². The van der Waals surface area contributed by atoms with Gasteiger partial charge in [-0.25, -0.2) is 4.68 Å². The van der Waals surface area contributed by atoms with Crippen molar-refractivity contribution in [2.24, 2.45) is 18.1 Å². The summed E-state index contributed by atoms with van der Waals surface area (Å²) in [5.74, 6) is 0.841. The molecule has 0 atom stereocenters. The lowest BCUT2D eigenvalue weighted by molar-refractivity contribution is -0.0988. The highest BCUT2D eigenvalue weighted by Crippen LogP contribution is 2.61. The molecule has 0 saturated heterocycles. The maximum atomic E-state index is 12.3. The molecule has 2 heterocycles. The number of rotatable bonds is 3. The Kier molecular flexibility index (Phi) is 2.75. The zero-order valence-corrected chi connectivity index (χ0v) is 13.8. The SMILES string of the molecule is Cn1ccc2c(/C(=N\O)c3cn(C45CC(C4)C5)nn3)cccc2c1=O. The van der Waals surface area contributed by atoms with Gasteiger partial charge in [0.25, 0.3) is 5.56 Å². The molecule has 0 spiro atoms. The molecule has 7 heteroatoms. The molecule has 3 saturated carbocycles. The Labute approximate surface area is 143 Å². The summed E-state index contributed by atoms with van der Waals surface area (Å²) in [7, 11) is 1.71. The summed E-state index contributed by atoms with van der Waals surface area (Å²) in [6, 6.07) is 7.24. The summed E-state index contributed by atoms with van der Waals surface area (Å²) in [5.41, 5.74) is 1.55. The Morgan fingerprint density at radius 2 is 2.08 bits per heavy atom. The molecule has 3 aliphatic carbocycles. The number of hydrogen-bond donors (Lipinski definition) is 1. The first kappa shape index (κ1) is 14.4. The van der Waals surface area contributed by atoms with Crippen molar-refractivity contribution in [3.05, 3.63) is 58.3 Å². The third-order valence-electron chi connectivity index (χ3n) is 5.70. The average Bonchev–Trinajstić information content (AvgIpc) is 2.98. The average molecular weight is 335 g/mol. The van der Waals surface area contributed by atoms with Crippen LogP contribution in [0.1, 0.15) is 30.5 Å². The minimum atomic E-state index is -0.0887. The van der Waals surface area contributed by atoms with Crippen LogP contribution in [0.15, 0.2) is 46.6 Å². The van der Waals surface area contributed by atoms with E-state index >= 15 is 0 Å². The molecular formula is C18H17N5O2. The van der Waals surface area contributed by atoms with Gasteiger partial charge in [-0.3, -0.25) is 4.79 Å².